The second kappa shape index (κ2) is 5.77. The van der Waals surface area contributed by atoms with Crippen molar-refractivity contribution in [3.8, 4) is 0 Å². The molecular formula is C10H13BrN2O4S. The Morgan fingerprint density at radius 2 is 2.11 bits per heavy atom. The Kier molecular flexibility index (Phi) is 4.83. The maximum absolute atomic E-state index is 11.7. The van der Waals surface area contributed by atoms with Crippen LogP contribution >= 0.6 is 15.9 Å². The molecular weight excluding hydrogens is 324 g/mol. The molecule has 2 N–H and O–H groups in total. The quantitative estimate of drug-likeness (QED) is 0.649. The number of hydrogen-bond donors (Lipinski definition) is 1. The summed E-state index contributed by atoms with van der Waals surface area (Å²) in [6, 6.07) is 3.56. The third kappa shape index (κ3) is 4.35. The van der Waals surface area contributed by atoms with Crippen LogP contribution < -0.4 is 5.73 Å². The molecule has 0 saturated heterocycles. The van der Waals surface area contributed by atoms with Crippen molar-refractivity contribution in [3.63, 3.8) is 0 Å². The van der Waals surface area contributed by atoms with Crippen LogP contribution in [-0.4, -0.2) is 25.1 Å². The molecule has 0 aromatic heterocycles. The van der Waals surface area contributed by atoms with Gasteiger partial charge in [-0.1, -0.05) is 22.0 Å². The fraction of sp³-hybridized carbons (Fsp3) is 0.400. The predicted octanol–water partition coefficient (Wildman–Crippen LogP) is 1.62. The van der Waals surface area contributed by atoms with Crippen LogP contribution in [0.2, 0.25) is 0 Å². The second-order valence-corrected chi connectivity index (χ2v) is 7.03. The lowest BCUT2D eigenvalue weighted by Crippen LogP contribution is -2.27. The summed E-state index contributed by atoms with van der Waals surface area (Å²) in [7, 11) is -3.31. The maximum Gasteiger partial charge on any atom is 0.270 e. The molecule has 0 heterocycles. The monoisotopic (exact) mass is 336 g/mol. The Balaban J connectivity index is 2.96. The molecule has 0 spiro atoms. The number of non-ortho nitro benzene ring substituents is 1. The molecule has 1 unspecified atom stereocenters. The van der Waals surface area contributed by atoms with E-state index in [1.165, 1.54) is 18.2 Å². The van der Waals surface area contributed by atoms with Gasteiger partial charge in [-0.25, -0.2) is 8.42 Å². The summed E-state index contributed by atoms with van der Waals surface area (Å²) in [5.74, 6) is -0.302. The molecule has 0 bridgehead atoms. The zero-order chi connectivity index (χ0) is 13.9. The van der Waals surface area contributed by atoms with Crippen LogP contribution in [0, 0.1) is 10.1 Å². The first-order valence-electron chi connectivity index (χ1n) is 5.10. The van der Waals surface area contributed by atoms with Crippen LogP contribution in [0.4, 0.5) is 5.69 Å². The molecule has 0 aliphatic rings. The van der Waals surface area contributed by atoms with Crippen molar-refractivity contribution in [1.82, 2.24) is 0 Å². The number of rotatable bonds is 5. The molecule has 0 amide bonds. The molecule has 0 aliphatic carbocycles. The number of benzene rings is 1. The molecule has 0 radical (unpaired) electrons. The van der Waals surface area contributed by atoms with Gasteiger partial charge in [-0.2, -0.15) is 0 Å². The Labute approximate surface area is 113 Å². The normalized spacial score (nSPS) is 13.3. The van der Waals surface area contributed by atoms with Crippen LogP contribution in [0.25, 0.3) is 0 Å². The van der Waals surface area contributed by atoms with Crippen LogP contribution in [-0.2, 0) is 15.6 Å². The van der Waals surface area contributed by atoms with Crippen molar-refractivity contribution in [1.29, 1.82) is 0 Å². The van der Waals surface area contributed by atoms with E-state index in [1.807, 2.05) is 0 Å². The van der Waals surface area contributed by atoms with E-state index in [2.05, 4.69) is 15.9 Å². The molecule has 1 rings (SSSR count). The standard InChI is InChI=1S/C10H13BrN2O4S/c1-7(12)5-18(16,17)6-8-2-3-9(13(14)15)4-10(8)11/h2-4,7H,5-6,12H2,1H3. The molecule has 0 aliphatic heterocycles. The van der Waals surface area contributed by atoms with Crippen LogP contribution in [0.15, 0.2) is 22.7 Å². The molecule has 1 aromatic rings. The number of nitro benzene ring substituents is 1. The summed E-state index contributed by atoms with van der Waals surface area (Å²) < 4.78 is 23.9. The lowest BCUT2D eigenvalue weighted by molar-refractivity contribution is -0.384. The number of sulfone groups is 1. The summed E-state index contributed by atoms with van der Waals surface area (Å²) in [5, 5.41) is 10.5. The van der Waals surface area contributed by atoms with Gasteiger partial charge in [0.2, 0.25) is 0 Å². The molecule has 18 heavy (non-hydrogen) atoms. The topological polar surface area (TPSA) is 103 Å². The van der Waals surface area contributed by atoms with Gasteiger partial charge >= 0.3 is 0 Å². The van der Waals surface area contributed by atoms with Crippen molar-refractivity contribution < 1.29 is 13.3 Å². The number of halogens is 1. The molecule has 100 valence electrons. The second-order valence-electron chi connectivity index (χ2n) is 4.06. The maximum atomic E-state index is 11.7. The lowest BCUT2D eigenvalue weighted by Gasteiger charge is -2.08. The van der Waals surface area contributed by atoms with E-state index in [1.54, 1.807) is 6.92 Å². The van der Waals surface area contributed by atoms with Gasteiger partial charge in [0.15, 0.2) is 9.84 Å². The highest BCUT2D eigenvalue weighted by Gasteiger charge is 2.17. The highest BCUT2D eigenvalue weighted by atomic mass is 79.9. The fourth-order valence-electron chi connectivity index (χ4n) is 1.46. The first-order chi connectivity index (χ1) is 8.21. The van der Waals surface area contributed by atoms with Gasteiger partial charge in [0, 0.05) is 22.6 Å². The smallest absolute Gasteiger partial charge is 0.270 e. The molecule has 0 saturated carbocycles. The van der Waals surface area contributed by atoms with Gasteiger partial charge in [-0.3, -0.25) is 10.1 Å². The van der Waals surface area contributed by atoms with Gasteiger partial charge in [0.25, 0.3) is 5.69 Å². The minimum absolute atomic E-state index is 0.0878. The summed E-state index contributed by atoms with van der Waals surface area (Å²) in [6.07, 6.45) is 0. The average Bonchev–Trinajstić information content (AvgIpc) is 2.18. The lowest BCUT2D eigenvalue weighted by atomic mass is 10.2. The average molecular weight is 337 g/mol. The van der Waals surface area contributed by atoms with Crippen molar-refractivity contribution in [2.45, 2.75) is 18.7 Å². The summed E-state index contributed by atoms with van der Waals surface area (Å²) in [5.41, 5.74) is 5.85. The third-order valence-corrected chi connectivity index (χ3v) is 4.66. The minimum Gasteiger partial charge on any atom is -0.327 e. The van der Waals surface area contributed by atoms with E-state index in [0.717, 1.165) is 0 Å². The number of hydrogen-bond acceptors (Lipinski definition) is 5. The van der Waals surface area contributed by atoms with E-state index in [0.29, 0.717) is 10.0 Å². The first kappa shape index (κ1) is 15.1. The summed E-state index contributed by atoms with van der Waals surface area (Å²) in [4.78, 5) is 10.0. The van der Waals surface area contributed by atoms with Gasteiger partial charge in [-0.15, -0.1) is 0 Å². The van der Waals surface area contributed by atoms with E-state index < -0.39 is 20.8 Å². The fourth-order valence-corrected chi connectivity index (χ4v) is 3.80. The minimum atomic E-state index is -3.31. The molecule has 1 atom stereocenters. The third-order valence-electron chi connectivity index (χ3n) is 2.14. The van der Waals surface area contributed by atoms with Crippen LogP contribution in [0.5, 0.6) is 0 Å². The molecule has 6 nitrogen and oxygen atoms in total. The van der Waals surface area contributed by atoms with Crippen molar-refractivity contribution in [2.75, 3.05) is 5.75 Å². The Morgan fingerprint density at radius 3 is 2.56 bits per heavy atom. The molecule has 1 aromatic carbocycles. The Bertz CT molecular complexity index is 557. The van der Waals surface area contributed by atoms with Crippen LogP contribution in [0.3, 0.4) is 0 Å². The van der Waals surface area contributed by atoms with Crippen molar-refractivity contribution >= 4 is 31.5 Å². The van der Waals surface area contributed by atoms with Crippen molar-refractivity contribution in [2.24, 2.45) is 5.73 Å². The van der Waals surface area contributed by atoms with Gasteiger partial charge in [-0.05, 0) is 12.5 Å². The highest BCUT2D eigenvalue weighted by Crippen LogP contribution is 2.24. The molecule has 8 heteroatoms. The largest absolute Gasteiger partial charge is 0.327 e. The first-order valence-corrected chi connectivity index (χ1v) is 7.71. The van der Waals surface area contributed by atoms with E-state index in [4.69, 9.17) is 5.73 Å². The van der Waals surface area contributed by atoms with E-state index in [9.17, 15) is 18.5 Å². The predicted molar refractivity (Wildman–Crippen MR) is 71.9 cm³/mol. The number of nitrogens with zero attached hydrogens (tertiary/aromatic N) is 1. The van der Waals surface area contributed by atoms with Crippen molar-refractivity contribution in [3.05, 3.63) is 38.3 Å². The molecule has 0 fully saturated rings. The number of nitrogens with two attached hydrogens (primary N) is 1. The zero-order valence-corrected chi connectivity index (χ0v) is 12.1. The summed E-state index contributed by atoms with van der Waals surface area (Å²) in [6.45, 7) is 1.61. The van der Waals surface area contributed by atoms with Gasteiger partial charge < -0.3 is 5.73 Å². The van der Waals surface area contributed by atoms with Gasteiger partial charge in [0.1, 0.15) is 0 Å². The zero-order valence-electron chi connectivity index (χ0n) is 9.67. The van der Waals surface area contributed by atoms with Crippen LogP contribution in [0.1, 0.15) is 12.5 Å². The number of nitro groups is 1. The highest BCUT2D eigenvalue weighted by molar-refractivity contribution is 9.10. The van der Waals surface area contributed by atoms with E-state index in [-0.39, 0.29) is 17.2 Å². The summed E-state index contributed by atoms with van der Waals surface area (Å²) >= 11 is 3.13. The van der Waals surface area contributed by atoms with E-state index >= 15 is 0 Å². The Morgan fingerprint density at radius 1 is 1.50 bits per heavy atom. The van der Waals surface area contributed by atoms with Gasteiger partial charge in [0.05, 0.1) is 16.4 Å². The SMILES string of the molecule is CC(N)CS(=O)(=O)Cc1ccc([N+](=O)[O-])cc1Br. The Hall–Kier alpha value is -0.990.